The lowest BCUT2D eigenvalue weighted by atomic mass is 9.97. The molecular weight excluding hydrogens is 387 g/mol. The van der Waals surface area contributed by atoms with Gasteiger partial charge in [0.25, 0.3) is 0 Å². The lowest BCUT2D eigenvalue weighted by Gasteiger charge is -2.28. The van der Waals surface area contributed by atoms with Crippen LogP contribution in [0.4, 0.5) is 35.6 Å². The summed E-state index contributed by atoms with van der Waals surface area (Å²) in [6, 6.07) is -1.41. The molecule has 11 heteroatoms. The molecule has 0 fully saturated rings. The van der Waals surface area contributed by atoms with Gasteiger partial charge in [0.2, 0.25) is 0 Å². The number of halogens is 7. The van der Waals surface area contributed by atoms with E-state index >= 15 is 0 Å². The fraction of sp³-hybridized carbons (Fsp3) is 0.562. The molecule has 2 atom stereocenters. The number of carbonyl (C=O) groups excluding carboxylic acids is 1. The Morgan fingerprint density at radius 3 is 1.74 bits per heavy atom. The van der Waals surface area contributed by atoms with Gasteiger partial charge in [-0.25, -0.2) is 4.79 Å². The fourth-order valence-corrected chi connectivity index (χ4v) is 2.02. The van der Waals surface area contributed by atoms with Crippen LogP contribution in [0.1, 0.15) is 50.5 Å². The summed E-state index contributed by atoms with van der Waals surface area (Å²) >= 11 is 0. The third kappa shape index (κ3) is 6.26. The normalized spacial score (nSPS) is 15.3. The molecule has 4 nitrogen and oxygen atoms in total. The average Bonchev–Trinajstić information content (AvgIpc) is 2.48. The smallest absolute Gasteiger partial charge is 0.439 e. The lowest BCUT2D eigenvalue weighted by Crippen LogP contribution is -2.39. The second kappa shape index (κ2) is 7.53. The van der Waals surface area contributed by atoms with Crippen LogP contribution in [0.5, 0.6) is 0 Å². The Bertz CT molecular complexity index is 648. The van der Waals surface area contributed by atoms with E-state index in [0.29, 0.717) is 0 Å². The van der Waals surface area contributed by atoms with Crippen molar-refractivity contribution in [1.82, 2.24) is 5.12 Å². The number of hydrogen-bond acceptors (Lipinski definition) is 3. The minimum atomic E-state index is -5.13. The van der Waals surface area contributed by atoms with Crippen molar-refractivity contribution >= 4 is 6.09 Å². The number of nitrogens with zero attached hydrogens (tertiary/aromatic N) is 1. The molecule has 1 aromatic rings. The van der Waals surface area contributed by atoms with Gasteiger partial charge in [-0.05, 0) is 51.5 Å². The summed E-state index contributed by atoms with van der Waals surface area (Å²) in [5.41, 5.74) is -5.29. The van der Waals surface area contributed by atoms with Crippen LogP contribution in [-0.4, -0.2) is 28.0 Å². The highest BCUT2D eigenvalue weighted by atomic mass is 19.4. The van der Waals surface area contributed by atoms with E-state index in [4.69, 9.17) is 4.74 Å². The molecule has 1 aromatic carbocycles. The number of carbonyl (C=O) groups is 1. The number of rotatable bonds is 3. The zero-order valence-electron chi connectivity index (χ0n) is 14.7. The van der Waals surface area contributed by atoms with Gasteiger partial charge in [-0.15, -0.1) is 5.12 Å². The van der Waals surface area contributed by atoms with E-state index in [-0.39, 0.29) is 18.2 Å². The summed E-state index contributed by atoms with van der Waals surface area (Å²) < 4.78 is 96.0. The molecule has 1 N–H and O–H groups in total. The van der Waals surface area contributed by atoms with Crippen LogP contribution < -0.4 is 0 Å². The minimum absolute atomic E-state index is 0.123. The maximum atomic E-state index is 14.1. The second-order valence-corrected chi connectivity index (χ2v) is 6.82. The Hall–Kier alpha value is -2.04. The topological polar surface area (TPSA) is 49.8 Å². The van der Waals surface area contributed by atoms with Gasteiger partial charge >= 0.3 is 18.4 Å². The monoisotopic (exact) mass is 405 g/mol. The molecule has 0 bridgehead atoms. The van der Waals surface area contributed by atoms with E-state index in [1.54, 1.807) is 0 Å². The quantitative estimate of drug-likeness (QED) is 0.551. The first-order valence-corrected chi connectivity index (χ1v) is 7.59. The largest absolute Gasteiger partial charge is 0.442 e. The molecule has 0 saturated heterocycles. The molecule has 27 heavy (non-hydrogen) atoms. The molecule has 2 unspecified atom stereocenters. The maximum absolute atomic E-state index is 14.1. The van der Waals surface area contributed by atoms with Crippen LogP contribution in [0.15, 0.2) is 18.2 Å². The molecule has 154 valence electrons. The predicted octanol–water partition coefficient (Wildman–Crippen LogP) is 5.27. The molecule has 0 aliphatic heterocycles. The molecule has 0 aliphatic rings. The van der Waals surface area contributed by atoms with Crippen molar-refractivity contribution < 1.29 is 45.5 Å². The van der Waals surface area contributed by atoms with E-state index < -0.39 is 58.0 Å². The molecule has 0 heterocycles. The number of aliphatic hydroxyl groups is 1. The van der Waals surface area contributed by atoms with Crippen LogP contribution in [-0.2, 0) is 17.1 Å². The zero-order valence-corrected chi connectivity index (χ0v) is 14.7. The molecular formula is C16H18F7NO3. The van der Waals surface area contributed by atoms with E-state index in [9.17, 15) is 40.7 Å². The Kier molecular flexibility index (Phi) is 6.41. The summed E-state index contributed by atoms with van der Waals surface area (Å²) in [7, 11) is 0. The standard InChI is InChI=1S/C16H18F7NO3/c1-8(24(23)13(26)27-14(2,3)4)12(25)9-5-10(15(17,18)19)7-11(6-9)16(20,21)22/h5-8,12,25H,1-4H3. The van der Waals surface area contributed by atoms with E-state index in [1.807, 2.05) is 0 Å². The molecule has 1 amide bonds. The van der Waals surface area contributed by atoms with Gasteiger partial charge in [0.1, 0.15) is 11.7 Å². The van der Waals surface area contributed by atoms with E-state index in [0.717, 1.165) is 6.92 Å². The Morgan fingerprint density at radius 2 is 1.41 bits per heavy atom. The summed E-state index contributed by atoms with van der Waals surface area (Å²) in [6.45, 7) is 5.16. The van der Waals surface area contributed by atoms with Crippen LogP contribution in [0.2, 0.25) is 0 Å². The van der Waals surface area contributed by atoms with E-state index in [1.165, 1.54) is 20.8 Å². The highest BCUT2D eigenvalue weighted by molar-refractivity contribution is 5.67. The van der Waals surface area contributed by atoms with Gasteiger partial charge in [0, 0.05) is 0 Å². The van der Waals surface area contributed by atoms with Gasteiger partial charge in [-0.3, -0.25) is 0 Å². The van der Waals surface area contributed by atoms with Gasteiger partial charge in [-0.1, -0.05) is 4.48 Å². The molecule has 0 saturated carbocycles. The second-order valence-electron chi connectivity index (χ2n) is 6.82. The first-order chi connectivity index (χ1) is 11.9. The SMILES string of the molecule is CC(C(O)c1cc(C(F)(F)F)cc(C(F)(F)F)c1)N(F)C(=O)OC(C)(C)C. The third-order valence-electron chi connectivity index (χ3n) is 3.33. The number of benzene rings is 1. The zero-order chi connectivity index (χ0) is 21.4. The highest BCUT2D eigenvalue weighted by Crippen LogP contribution is 2.38. The maximum Gasteiger partial charge on any atom is 0.439 e. The summed E-state index contributed by atoms with van der Waals surface area (Å²) in [6.07, 6.45) is -14.0. The highest BCUT2D eigenvalue weighted by Gasteiger charge is 2.39. The number of amides is 1. The summed E-state index contributed by atoms with van der Waals surface area (Å²) in [4.78, 5) is 11.6. The average molecular weight is 405 g/mol. The van der Waals surface area contributed by atoms with Crippen LogP contribution in [0.3, 0.4) is 0 Å². The Labute approximate surface area is 150 Å². The first-order valence-electron chi connectivity index (χ1n) is 7.59. The lowest BCUT2D eigenvalue weighted by molar-refractivity contribution is -0.143. The van der Waals surface area contributed by atoms with Gasteiger partial charge < -0.3 is 9.84 Å². The number of alkyl halides is 6. The van der Waals surface area contributed by atoms with Crippen molar-refractivity contribution in [1.29, 1.82) is 0 Å². The first kappa shape index (κ1) is 23.0. The van der Waals surface area contributed by atoms with Crippen molar-refractivity contribution in [3.05, 3.63) is 34.9 Å². The molecule has 0 spiro atoms. The number of ether oxygens (including phenoxy) is 1. The summed E-state index contributed by atoms with van der Waals surface area (Å²) in [5.74, 6) is 0. The Balaban J connectivity index is 3.25. The van der Waals surface area contributed by atoms with Gasteiger partial charge in [0.15, 0.2) is 0 Å². The van der Waals surface area contributed by atoms with Crippen molar-refractivity contribution in [2.75, 3.05) is 0 Å². The van der Waals surface area contributed by atoms with Crippen molar-refractivity contribution in [2.24, 2.45) is 0 Å². The van der Waals surface area contributed by atoms with Crippen LogP contribution in [0, 0.1) is 0 Å². The van der Waals surface area contributed by atoms with Gasteiger partial charge in [0.05, 0.1) is 17.2 Å². The van der Waals surface area contributed by atoms with Crippen LogP contribution in [0.25, 0.3) is 0 Å². The van der Waals surface area contributed by atoms with Crippen LogP contribution >= 0.6 is 0 Å². The minimum Gasteiger partial charge on any atom is -0.442 e. The van der Waals surface area contributed by atoms with Crippen molar-refractivity contribution in [3.8, 4) is 0 Å². The molecule has 1 rings (SSSR count). The third-order valence-corrected chi connectivity index (χ3v) is 3.33. The number of hydrogen-bond donors (Lipinski definition) is 1. The predicted molar refractivity (Wildman–Crippen MR) is 80.0 cm³/mol. The van der Waals surface area contributed by atoms with Crippen molar-refractivity contribution in [3.63, 3.8) is 0 Å². The van der Waals surface area contributed by atoms with Crippen molar-refractivity contribution in [2.45, 2.75) is 57.8 Å². The van der Waals surface area contributed by atoms with E-state index in [2.05, 4.69) is 0 Å². The molecule has 0 aliphatic carbocycles. The van der Waals surface area contributed by atoms with Gasteiger partial charge in [-0.2, -0.15) is 26.3 Å². The Morgan fingerprint density at radius 1 is 1.00 bits per heavy atom. The number of aliphatic hydroxyl groups excluding tert-OH is 1. The fourth-order valence-electron chi connectivity index (χ4n) is 2.02. The molecule has 0 aromatic heterocycles. The molecule has 0 radical (unpaired) electrons. The summed E-state index contributed by atoms with van der Waals surface area (Å²) in [5, 5.41) is 9.47.